The van der Waals surface area contributed by atoms with Gasteiger partial charge in [0.15, 0.2) is 0 Å². The zero-order valence-corrected chi connectivity index (χ0v) is 11.5. The van der Waals surface area contributed by atoms with Crippen LogP contribution in [0.3, 0.4) is 0 Å². The summed E-state index contributed by atoms with van der Waals surface area (Å²) in [5, 5.41) is 11.2. The van der Waals surface area contributed by atoms with Crippen molar-refractivity contribution in [2.45, 2.75) is 19.8 Å². The van der Waals surface area contributed by atoms with Gasteiger partial charge in [-0.1, -0.05) is 26.0 Å². The number of anilines is 1. The van der Waals surface area contributed by atoms with E-state index in [1.807, 2.05) is 12.1 Å². The van der Waals surface area contributed by atoms with Gasteiger partial charge in [0.1, 0.15) is 0 Å². The van der Waals surface area contributed by atoms with Crippen LogP contribution < -0.4 is 5.32 Å². The summed E-state index contributed by atoms with van der Waals surface area (Å²) in [6.45, 7) is 4.14. The molecule has 0 atom stereocenters. The fourth-order valence-corrected chi connectivity index (χ4v) is 1.56. The molecule has 0 aliphatic heterocycles. The first-order chi connectivity index (χ1) is 8.95. The molecule has 1 rings (SSSR count). The summed E-state index contributed by atoms with van der Waals surface area (Å²) in [6.07, 6.45) is 0. The van der Waals surface area contributed by atoms with Gasteiger partial charge in [0, 0.05) is 19.3 Å². The lowest BCUT2D eigenvalue weighted by Crippen LogP contribution is -2.38. The van der Waals surface area contributed by atoms with Gasteiger partial charge in [-0.3, -0.25) is 9.59 Å². The molecule has 1 aromatic carbocycles. The first-order valence-electron chi connectivity index (χ1n) is 6.23. The topological polar surface area (TPSA) is 69.6 Å². The standard InChI is InChI=1S/C14H20N2O3/c1-10(2)11-4-6-12(7-5-11)15-13(18)14(19)16(3)8-9-17/h4-7,10,17H,8-9H2,1-3H3,(H,15,18). The number of benzene rings is 1. The Hall–Kier alpha value is -1.88. The first kappa shape index (κ1) is 15.2. The zero-order valence-electron chi connectivity index (χ0n) is 11.5. The van der Waals surface area contributed by atoms with Gasteiger partial charge in [0.2, 0.25) is 0 Å². The van der Waals surface area contributed by atoms with Gasteiger partial charge in [-0.2, -0.15) is 0 Å². The van der Waals surface area contributed by atoms with E-state index in [1.54, 1.807) is 12.1 Å². The number of hydrogen-bond acceptors (Lipinski definition) is 3. The van der Waals surface area contributed by atoms with E-state index in [0.717, 1.165) is 0 Å². The van der Waals surface area contributed by atoms with E-state index in [2.05, 4.69) is 19.2 Å². The van der Waals surface area contributed by atoms with Gasteiger partial charge >= 0.3 is 11.8 Å². The van der Waals surface area contributed by atoms with Gasteiger partial charge in [-0.15, -0.1) is 0 Å². The third-order valence-electron chi connectivity index (χ3n) is 2.81. The predicted octanol–water partition coefficient (Wildman–Crippen LogP) is 1.20. The van der Waals surface area contributed by atoms with Crippen LogP contribution in [0.4, 0.5) is 5.69 Å². The molecule has 0 heterocycles. The molecule has 2 N–H and O–H groups in total. The Bertz CT molecular complexity index is 441. The van der Waals surface area contributed by atoms with E-state index < -0.39 is 11.8 Å². The van der Waals surface area contributed by atoms with Crippen LogP contribution in [0.15, 0.2) is 24.3 Å². The number of hydrogen-bond donors (Lipinski definition) is 2. The average molecular weight is 264 g/mol. The molecule has 0 aliphatic rings. The van der Waals surface area contributed by atoms with Crippen LogP contribution in [0.1, 0.15) is 25.3 Å². The minimum absolute atomic E-state index is 0.137. The van der Waals surface area contributed by atoms with Crippen LogP contribution in [-0.4, -0.2) is 42.0 Å². The van der Waals surface area contributed by atoms with Crippen molar-refractivity contribution in [2.75, 3.05) is 25.5 Å². The maximum Gasteiger partial charge on any atom is 0.313 e. The van der Waals surface area contributed by atoms with Crippen molar-refractivity contribution in [3.63, 3.8) is 0 Å². The van der Waals surface area contributed by atoms with E-state index in [1.165, 1.54) is 17.5 Å². The van der Waals surface area contributed by atoms with Crippen molar-refractivity contribution >= 4 is 17.5 Å². The Morgan fingerprint density at radius 2 is 1.84 bits per heavy atom. The Labute approximate surface area is 113 Å². The van der Waals surface area contributed by atoms with Gasteiger partial charge in [-0.25, -0.2) is 0 Å². The maximum absolute atomic E-state index is 11.7. The Morgan fingerprint density at radius 1 is 1.26 bits per heavy atom. The fourth-order valence-electron chi connectivity index (χ4n) is 1.56. The summed E-state index contributed by atoms with van der Waals surface area (Å²) >= 11 is 0. The molecule has 5 nitrogen and oxygen atoms in total. The number of nitrogens with one attached hydrogen (secondary N) is 1. The first-order valence-corrected chi connectivity index (χ1v) is 6.23. The molecule has 0 radical (unpaired) electrons. The van der Waals surface area contributed by atoms with Crippen LogP contribution in [0.5, 0.6) is 0 Å². The second-order valence-corrected chi connectivity index (χ2v) is 4.68. The van der Waals surface area contributed by atoms with Gasteiger partial charge in [-0.05, 0) is 23.6 Å². The van der Waals surface area contributed by atoms with Crippen LogP contribution in [0.2, 0.25) is 0 Å². The number of aliphatic hydroxyl groups is 1. The fraction of sp³-hybridized carbons (Fsp3) is 0.429. The highest BCUT2D eigenvalue weighted by molar-refractivity contribution is 6.39. The Morgan fingerprint density at radius 3 is 2.32 bits per heavy atom. The number of likely N-dealkylation sites (N-methyl/N-ethyl adjacent to an activating group) is 1. The summed E-state index contributed by atoms with van der Waals surface area (Å²) < 4.78 is 0. The predicted molar refractivity (Wildman–Crippen MR) is 73.9 cm³/mol. The molecule has 5 heteroatoms. The van der Waals surface area contributed by atoms with E-state index in [-0.39, 0.29) is 13.2 Å². The highest BCUT2D eigenvalue weighted by atomic mass is 16.3. The zero-order chi connectivity index (χ0) is 14.4. The molecule has 1 aromatic rings. The molecule has 0 fully saturated rings. The number of nitrogens with zero attached hydrogens (tertiary/aromatic N) is 1. The van der Waals surface area contributed by atoms with E-state index in [4.69, 9.17) is 5.11 Å². The third kappa shape index (κ3) is 4.37. The number of aliphatic hydroxyl groups excluding tert-OH is 1. The molecule has 0 saturated carbocycles. The monoisotopic (exact) mass is 264 g/mol. The minimum Gasteiger partial charge on any atom is -0.395 e. The van der Waals surface area contributed by atoms with Crippen molar-refractivity contribution in [3.8, 4) is 0 Å². The molecule has 104 valence electrons. The van der Waals surface area contributed by atoms with Crippen LogP contribution in [0.25, 0.3) is 0 Å². The molecule has 19 heavy (non-hydrogen) atoms. The molecular formula is C14H20N2O3. The second-order valence-electron chi connectivity index (χ2n) is 4.68. The summed E-state index contributed by atoms with van der Waals surface area (Å²) in [7, 11) is 1.47. The maximum atomic E-state index is 11.7. The number of amides is 2. The van der Waals surface area contributed by atoms with Crippen LogP contribution >= 0.6 is 0 Å². The number of carbonyl (C=O) groups excluding carboxylic acids is 2. The Kier molecular flexibility index (Phi) is 5.51. The normalized spacial score (nSPS) is 10.4. The molecule has 0 unspecified atom stereocenters. The third-order valence-corrected chi connectivity index (χ3v) is 2.81. The lowest BCUT2D eigenvalue weighted by atomic mass is 10.0. The molecule has 0 aromatic heterocycles. The van der Waals surface area contributed by atoms with Gasteiger partial charge < -0.3 is 15.3 Å². The molecule has 2 amide bonds. The summed E-state index contributed by atoms with van der Waals surface area (Å²) in [4.78, 5) is 24.5. The Balaban J connectivity index is 2.64. The molecule has 0 bridgehead atoms. The van der Waals surface area contributed by atoms with Crippen molar-refractivity contribution in [1.82, 2.24) is 4.90 Å². The van der Waals surface area contributed by atoms with Crippen LogP contribution in [0, 0.1) is 0 Å². The summed E-state index contributed by atoms with van der Waals surface area (Å²) in [5.74, 6) is -0.947. The highest BCUT2D eigenvalue weighted by Crippen LogP contribution is 2.17. The summed E-state index contributed by atoms with van der Waals surface area (Å²) in [6, 6.07) is 7.38. The van der Waals surface area contributed by atoms with Crippen LogP contribution in [-0.2, 0) is 9.59 Å². The van der Waals surface area contributed by atoms with E-state index in [9.17, 15) is 9.59 Å². The van der Waals surface area contributed by atoms with Crippen molar-refractivity contribution in [1.29, 1.82) is 0 Å². The quantitative estimate of drug-likeness (QED) is 0.803. The average Bonchev–Trinajstić information content (AvgIpc) is 2.38. The van der Waals surface area contributed by atoms with Gasteiger partial charge in [0.25, 0.3) is 0 Å². The minimum atomic E-state index is -0.701. The van der Waals surface area contributed by atoms with Crippen molar-refractivity contribution in [2.24, 2.45) is 0 Å². The largest absolute Gasteiger partial charge is 0.395 e. The summed E-state index contributed by atoms with van der Waals surface area (Å²) in [5.41, 5.74) is 1.75. The van der Waals surface area contributed by atoms with E-state index in [0.29, 0.717) is 11.6 Å². The second kappa shape index (κ2) is 6.89. The van der Waals surface area contributed by atoms with Gasteiger partial charge in [0.05, 0.1) is 6.61 Å². The SMILES string of the molecule is CC(C)c1ccc(NC(=O)C(=O)N(C)CCO)cc1. The van der Waals surface area contributed by atoms with Crippen molar-refractivity contribution in [3.05, 3.63) is 29.8 Å². The molecule has 0 spiro atoms. The van der Waals surface area contributed by atoms with E-state index >= 15 is 0 Å². The van der Waals surface area contributed by atoms with Crippen molar-refractivity contribution < 1.29 is 14.7 Å². The highest BCUT2D eigenvalue weighted by Gasteiger charge is 2.18. The molecule has 0 aliphatic carbocycles. The lowest BCUT2D eigenvalue weighted by Gasteiger charge is -2.15. The number of rotatable bonds is 4. The number of carbonyl (C=O) groups is 2. The smallest absolute Gasteiger partial charge is 0.313 e. The molecule has 0 saturated heterocycles. The molecular weight excluding hydrogens is 244 g/mol. The lowest BCUT2D eigenvalue weighted by molar-refractivity contribution is -0.142.